The van der Waals surface area contributed by atoms with Crippen molar-refractivity contribution < 1.29 is 19.4 Å². The number of carbonyl (C=O) groups excluding carboxylic acids is 1. The number of hydrogen-bond donors (Lipinski definition) is 3. The fourth-order valence-electron chi connectivity index (χ4n) is 1.96. The number of hydrogen-bond acceptors (Lipinski definition) is 5. The van der Waals surface area contributed by atoms with E-state index in [9.17, 15) is 14.7 Å². The van der Waals surface area contributed by atoms with Crippen LogP contribution in [0.1, 0.15) is 25.8 Å². The van der Waals surface area contributed by atoms with E-state index < -0.39 is 17.4 Å². The third kappa shape index (κ3) is 6.96. The van der Waals surface area contributed by atoms with E-state index >= 15 is 0 Å². The van der Waals surface area contributed by atoms with Crippen LogP contribution in [0.5, 0.6) is 0 Å². The summed E-state index contributed by atoms with van der Waals surface area (Å²) in [5.74, 6) is -1.05. The number of carboxylic acid groups (broad SMARTS) is 1. The van der Waals surface area contributed by atoms with Gasteiger partial charge in [-0.25, -0.2) is 4.79 Å². The first-order valence-corrected chi connectivity index (χ1v) is 8.79. The van der Waals surface area contributed by atoms with E-state index in [2.05, 4.69) is 17.9 Å². The summed E-state index contributed by atoms with van der Waals surface area (Å²) in [6, 6.07) is 6.97. The number of nitrogens with zero attached hydrogens (tertiary/aromatic N) is 1. The second kappa shape index (κ2) is 9.68. The van der Waals surface area contributed by atoms with Crippen LogP contribution in [0.2, 0.25) is 0 Å². The molecule has 140 valence electrons. The molecule has 6 nitrogen and oxygen atoms in total. The fraction of sp³-hybridized carbons (Fsp3) is 0.556. The number of carbonyl (C=O) groups is 2. The van der Waals surface area contributed by atoms with Crippen molar-refractivity contribution in [2.45, 2.75) is 32.9 Å². The third-order valence-electron chi connectivity index (χ3n) is 3.89. The highest BCUT2D eigenvalue weighted by molar-refractivity contribution is 7.80. The second-order valence-electron chi connectivity index (χ2n) is 6.81. The van der Waals surface area contributed by atoms with Crippen LogP contribution in [0, 0.1) is 5.41 Å². The Bertz CT molecular complexity index is 573. The number of nitrogens with one attached hydrogen (secondary N) is 1. The van der Waals surface area contributed by atoms with Gasteiger partial charge in [-0.15, -0.1) is 0 Å². The average molecular weight is 368 g/mol. The maximum absolute atomic E-state index is 12.1. The summed E-state index contributed by atoms with van der Waals surface area (Å²) in [5, 5.41) is 11.8. The maximum Gasteiger partial charge on any atom is 0.326 e. The zero-order chi connectivity index (χ0) is 19.0. The number of ether oxygens (including phenoxy) is 1. The summed E-state index contributed by atoms with van der Waals surface area (Å²) in [4.78, 5) is 25.4. The first kappa shape index (κ1) is 21.3. The molecule has 0 saturated carbocycles. The number of benzene rings is 1. The first-order chi connectivity index (χ1) is 11.7. The van der Waals surface area contributed by atoms with Crippen molar-refractivity contribution in [1.82, 2.24) is 5.32 Å². The minimum atomic E-state index is -1.07. The summed E-state index contributed by atoms with van der Waals surface area (Å²) in [7, 11) is 3.95. The molecule has 1 unspecified atom stereocenters. The summed E-state index contributed by atoms with van der Waals surface area (Å²) in [5.41, 5.74) is 1.40. The molecule has 2 N–H and O–H groups in total. The standard InChI is InChI=1S/C18H28N2O4S/c1-18(2,12-25)17(23)19-15(16(21)22)9-10-24-11-13-5-7-14(8-6-13)20(3)4/h5-8,15,25H,9-12H2,1-4H3,(H,19,23)(H,21,22). The van der Waals surface area contributed by atoms with Gasteiger partial charge in [0.15, 0.2) is 0 Å². The Hall–Kier alpha value is -1.73. The lowest BCUT2D eigenvalue weighted by Gasteiger charge is -2.24. The van der Waals surface area contributed by atoms with Gasteiger partial charge in [-0.05, 0) is 17.7 Å². The second-order valence-corrected chi connectivity index (χ2v) is 7.12. The van der Waals surface area contributed by atoms with E-state index in [1.807, 2.05) is 43.3 Å². The number of rotatable bonds is 10. The third-order valence-corrected chi connectivity index (χ3v) is 4.68. The van der Waals surface area contributed by atoms with Crippen LogP contribution < -0.4 is 10.2 Å². The van der Waals surface area contributed by atoms with Gasteiger partial charge in [0, 0.05) is 38.6 Å². The van der Waals surface area contributed by atoms with Crippen LogP contribution in [0.4, 0.5) is 5.69 Å². The van der Waals surface area contributed by atoms with Crippen LogP contribution in [0.15, 0.2) is 24.3 Å². The summed E-state index contributed by atoms with van der Waals surface area (Å²) in [6.45, 7) is 4.09. The molecule has 0 saturated heterocycles. The molecule has 7 heteroatoms. The highest BCUT2D eigenvalue weighted by Gasteiger charge is 2.30. The molecule has 1 aromatic rings. The molecule has 0 spiro atoms. The molecule has 25 heavy (non-hydrogen) atoms. The Kier molecular flexibility index (Phi) is 8.25. The molecule has 1 amide bonds. The van der Waals surface area contributed by atoms with Crippen LogP contribution in [0.25, 0.3) is 0 Å². The summed E-state index contributed by atoms with van der Waals surface area (Å²) < 4.78 is 5.55. The Labute approximate surface area is 155 Å². The Morgan fingerprint density at radius 3 is 2.36 bits per heavy atom. The van der Waals surface area contributed by atoms with Crippen LogP contribution >= 0.6 is 12.6 Å². The molecule has 1 rings (SSSR count). The highest BCUT2D eigenvalue weighted by atomic mass is 32.1. The zero-order valence-electron chi connectivity index (χ0n) is 15.3. The van der Waals surface area contributed by atoms with Crippen molar-refractivity contribution in [3.05, 3.63) is 29.8 Å². The van der Waals surface area contributed by atoms with Crippen molar-refractivity contribution in [2.75, 3.05) is 31.4 Å². The van der Waals surface area contributed by atoms with E-state index in [1.54, 1.807) is 13.8 Å². The quantitative estimate of drug-likeness (QED) is 0.436. The molecule has 0 aromatic heterocycles. The van der Waals surface area contributed by atoms with Gasteiger partial charge in [-0.3, -0.25) is 4.79 Å². The average Bonchev–Trinajstić information content (AvgIpc) is 2.57. The number of thiol groups is 1. The Balaban J connectivity index is 2.45. The maximum atomic E-state index is 12.1. The number of anilines is 1. The minimum absolute atomic E-state index is 0.208. The predicted octanol–water partition coefficient (Wildman–Crippen LogP) is 2.18. The SMILES string of the molecule is CN(C)c1ccc(COCCC(NC(=O)C(C)(C)CS)C(=O)O)cc1. The van der Waals surface area contributed by atoms with E-state index in [0.29, 0.717) is 12.4 Å². The van der Waals surface area contributed by atoms with Gasteiger partial charge in [0.1, 0.15) is 6.04 Å². The fourth-order valence-corrected chi connectivity index (χ4v) is 2.11. The van der Waals surface area contributed by atoms with Crippen LogP contribution in [0.3, 0.4) is 0 Å². The van der Waals surface area contributed by atoms with E-state index in [0.717, 1.165) is 11.3 Å². The Morgan fingerprint density at radius 1 is 1.28 bits per heavy atom. The lowest BCUT2D eigenvalue weighted by atomic mass is 9.94. The van der Waals surface area contributed by atoms with Gasteiger partial charge >= 0.3 is 5.97 Å². The van der Waals surface area contributed by atoms with Crippen molar-refractivity contribution >= 4 is 30.2 Å². The van der Waals surface area contributed by atoms with Crippen molar-refractivity contribution in [3.8, 4) is 0 Å². The number of aliphatic carboxylic acids is 1. The van der Waals surface area contributed by atoms with E-state index in [1.165, 1.54) is 0 Å². The predicted molar refractivity (Wildman–Crippen MR) is 102 cm³/mol. The number of carboxylic acids is 1. The van der Waals surface area contributed by atoms with Crippen LogP contribution in [-0.4, -0.2) is 49.5 Å². The molecular weight excluding hydrogens is 340 g/mol. The van der Waals surface area contributed by atoms with Crippen molar-refractivity contribution in [1.29, 1.82) is 0 Å². The largest absolute Gasteiger partial charge is 0.480 e. The van der Waals surface area contributed by atoms with Gasteiger partial charge in [0.25, 0.3) is 0 Å². The van der Waals surface area contributed by atoms with Gasteiger partial charge in [-0.1, -0.05) is 26.0 Å². The smallest absolute Gasteiger partial charge is 0.326 e. The van der Waals surface area contributed by atoms with Gasteiger partial charge in [0.2, 0.25) is 5.91 Å². The monoisotopic (exact) mass is 368 g/mol. The minimum Gasteiger partial charge on any atom is -0.480 e. The van der Waals surface area contributed by atoms with E-state index in [-0.39, 0.29) is 18.9 Å². The molecule has 0 aliphatic heterocycles. The molecule has 0 aliphatic rings. The lowest BCUT2D eigenvalue weighted by molar-refractivity contribution is -0.143. The number of amides is 1. The molecule has 0 aliphatic carbocycles. The molecule has 1 atom stereocenters. The van der Waals surface area contributed by atoms with Gasteiger partial charge < -0.3 is 20.1 Å². The highest BCUT2D eigenvalue weighted by Crippen LogP contribution is 2.17. The van der Waals surface area contributed by atoms with Gasteiger partial charge in [0.05, 0.1) is 12.0 Å². The van der Waals surface area contributed by atoms with Crippen molar-refractivity contribution in [3.63, 3.8) is 0 Å². The first-order valence-electron chi connectivity index (χ1n) is 8.16. The molecule has 0 radical (unpaired) electrons. The van der Waals surface area contributed by atoms with Crippen LogP contribution in [-0.2, 0) is 20.9 Å². The molecule has 0 bridgehead atoms. The summed E-state index contributed by atoms with van der Waals surface area (Å²) in [6.07, 6.45) is 0.208. The Morgan fingerprint density at radius 2 is 1.88 bits per heavy atom. The zero-order valence-corrected chi connectivity index (χ0v) is 16.2. The molecule has 0 fully saturated rings. The molecule has 1 aromatic carbocycles. The van der Waals surface area contributed by atoms with Crippen molar-refractivity contribution in [2.24, 2.45) is 5.41 Å². The summed E-state index contributed by atoms with van der Waals surface area (Å²) >= 11 is 4.12. The topological polar surface area (TPSA) is 78.9 Å². The van der Waals surface area contributed by atoms with Gasteiger partial charge in [-0.2, -0.15) is 12.6 Å². The lowest BCUT2D eigenvalue weighted by Crippen LogP contribution is -2.47. The molecular formula is C18H28N2O4S. The van der Waals surface area contributed by atoms with E-state index in [4.69, 9.17) is 4.74 Å². The molecule has 0 heterocycles. The normalized spacial score (nSPS) is 12.5.